The Morgan fingerprint density at radius 3 is 2.55 bits per heavy atom. The number of hydrogen-bond acceptors (Lipinski definition) is 6. The summed E-state index contributed by atoms with van der Waals surface area (Å²) in [6.45, 7) is 0.651. The van der Waals surface area contributed by atoms with Crippen LogP contribution in [0.15, 0.2) is 18.2 Å². The van der Waals surface area contributed by atoms with Crippen molar-refractivity contribution in [2.24, 2.45) is 5.92 Å². The van der Waals surface area contributed by atoms with E-state index in [9.17, 15) is 19.5 Å². The number of aromatic carboxylic acids is 1. The van der Waals surface area contributed by atoms with E-state index in [1.54, 1.807) is 23.1 Å². The Balaban J connectivity index is 1.58. The van der Waals surface area contributed by atoms with Crippen LogP contribution < -0.4 is 14.8 Å². The summed E-state index contributed by atoms with van der Waals surface area (Å²) in [6.07, 6.45) is 5.27. The molecule has 1 fully saturated rings. The molecule has 0 atom stereocenters. The van der Waals surface area contributed by atoms with Crippen molar-refractivity contribution in [1.82, 2.24) is 4.90 Å². The Morgan fingerprint density at radius 2 is 1.88 bits per heavy atom. The molecule has 2 heterocycles. The van der Waals surface area contributed by atoms with Crippen LogP contribution in [-0.2, 0) is 17.8 Å². The van der Waals surface area contributed by atoms with Gasteiger partial charge in [0.25, 0.3) is 5.91 Å². The lowest BCUT2D eigenvalue weighted by molar-refractivity contribution is -0.120. The number of carbonyl (C=O) groups is 3. The number of rotatable bonds is 6. The Bertz CT molecular complexity index is 1070. The molecule has 4 rings (SSSR count). The first kappa shape index (κ1) is 23.1. The van der Waals surface area contributed by atoms with Crippen molar-refractivity contribution in [3.8, 4) is 11.5 Å². The number of benzene rings is 1. The van der Waals surface area contributed by atoms with Crippen molar-refractivity contribution in [3.05, 3.63) is 39.8 Å². The summed E-state index contributed by atoms with van der Waals surface area (Å²) in [6, 6.07) is 5.15. The van der Waals surface area contributed by atoms with Crippen LogP contribution in [0.3, 0.4) is 0 Å². The monoisotopic (exact) mass is 472 g/mol. The Labute approximate surface area is 196 Å². The van der Waals surface area contributed by atoms with E-state index >= 15 is 0 Å². The maximum atomic E-state index is 13.3. The van der Waals surface area contributed by atoms with Gasteiger partial charge in [-0.3, -0.25) is 9.59 Å². The lowest BCUT2D eigenvalue weighted by Gasteiger charge is -2.28. The Morgan fingerprint density at radius 1 is 1.12 bits per heavy atom. The van der Waals surface area contributed by atoms with Gasteiger partial charge >= 0.3 is 5.97 Å². The first-order chi connectivity index (χ1) is 15.9. The summed E-state index contributed by atoms with van der Waals surface area (Å²) in [5.74, 6) is -0.607. The lowest BCUT2D eigenvalue weighted by atomic mass is 9.88. The lowest BCUT2D eigenvalue weighted by Crippen LogP contribution is -2.36. The molecule has 2 N–H and O–H groups in total. The molecule has 2 aliphatic rings. The predicted molar refractivity (Wildman–Crippen MR) is 124 cm³/mol. The van der Waals surface area contributed by atoms with Crippen LogP contribution in [0.5, 0.6) is 11.5 Å². The van der Waals surface area contributed by atoms with Gasteiger partial charge in [0.1, 0.15) is 5.00 Å². The first-order valence-corrected chi connectivity index (χ1v) is 11.9. The fourth-order valence-electron chi connectivity index (χ4n) is 4.70. The first-order valence-electron chi connectivity index (χ1n) is 11.1. The molecule has 0 radical (unpaired) electrons. The van der Waals surface area contributed by atoms with E-state index < -0.39 is 5.97 Å². The minimum Gasteiger partial charge on any atom is -0.493 e. The average Bonchev–Trinajstić information content (AvgIpc) is 3.20. The van der Waals surface area contributed by atoms with Gasteiger partial charge in [-0.2, -0.15) is 0 Å². The van der Waals surface area contributed by atoms with Crippen LogP contribution >= 0.6 is 11.3 Å². The van der Waals surface area contributed by atoms with Crippen LogP contribution in [0.1, 0.15) is 63.3 Å². The van der Waals surface area contributed by atoms with Gasteiger partial charge in [0.05, 0.1) is 31.9 Å². The van der Waals surface area contributed by atoms with Gasteiger partial charge < -0.3 is 24.8 Å². The second-order valence-electron chi connectivity index (χ2n) is 8.36. The maximum absolute atomic E-state index is 13.3. The zero-order valence-corrected chi connectivity index (χ0v) is 19.6. The molecule has 1 aliphatic heterocycles. The number of amides is 2. The van der Waals surface area contributed by atoms with Crippen molar-refractivity contribution >= 4 is 34.1 Å². The molecule has 1 saturated carbocycles. The van der Waals surface area contributed by atoms with Crippen LogP contribution in [0.25, 0.3) is 0 Å². The average molecular weight is 473 g/mol. The highest BCUT2D eigenvalue weighted by Crippen LogP contribution is 2.39. The van der Waals surface area contributed by atoms with Crippen molar-refractivity contribution in [2.45, 2.75) is 45.1 Å². The molecular weight excluding hydrogens is 444 g/mol. The van der Waals surface area contributed by atoms with E-state index in [1.807, 2.05) is 0 Å². The number of nitrogens with one attached hydrogen (secondary N) is 1. The maximum Gasteiger partial charge on any atom is 0.339 e. The van der Waals surface area contributed by atoms with Crippen molar-refractivity contribution in [3.63, 3.8) is 0 Å². The topological polar surface area (TPSA) is 105 Å². The zero-order chi connectivity index (χ0) is 23.5. The minimum atomic E-state index is -1.05. The molecule has 2 aromatic rings. The standard InChI is InChI=1S/C24H28N2O6S/c1-31-17-10-6-9-16(20(17)32-2)23(28)26-12-11-15-18(13-26)33-22(19(15)24(29)30)25-21(27)14-7-4-3-5-8-14/h6,9-10,14H,3-5,7-8,11-13H2,1-2H3,(H,25,27)(H,29,30). The van der Waals surface area contributed by atoms with Crippen LogP contribution in [0.4, 0.5) is 5.00 Å². The highest BCUT2D eigenvalue weighted by Gasteiger charge is 2.32. The Kier molecular flexibility index (Phi) is 6.88. The smallest absolute Gasteiger partial charge is 0.339 e. The number of nitrogens with zero attached hydrogens (tertiary/aromatic N) is 1. The van der Waals surface area contributed by atoms with E-state index in [1.165, 1.54) is 25.6 Å². The van der Waals surface area contributed by atoms with E-state index in [0.717, 1.165) is 37.0 Å². The molecule has 9 heteroatoms. The third kappa shape index (κ3) is 4.55. The number of carboxylic acids is 1. The Hall–Kier alpha value is -3.07. The van der Waals surface area contributed by atoms with Gasteiger partial charge in [-0.05, 0) is 37.0 Å². The molecule has 1 aromatic heterocycles. The minimum absolute atomic E-state index is 0.0712. The van der Waals surface area contributed by atoms with Crippen LogP contribution in [0.2, 0.25) is 0 Å². The van der Waals surface area contributed by atoms with Crippen molar-refractivity contribution in [1.29, 1.82) is 0 Å². The van der Waals surface area contributed by atoms with E-state index in [0.29, 0.717) is 40.6 Å². The molecule has 1 aromatic carbocycles. The van der Waals surface area contributed by atoms with Gasteiger partial charge in [-0.15, -0.1) is 11.3 Å². The molecule has 8 nitrogen and oxygen atoms in total. The molecule has 33 heavy (non-hydrogen) atoms. The quantitative estimate of drug-likeness (QED) is 0.653. The number of para-hydroxylation sites is 1. The van der Waals surface area contributed by atoms with Gasteiger partial charge in [-0.1, -0.05) is 25.3 Å². The van der Waals surface area contributed by atoms with Gasteiger partial charge in [0, 0.05) is 17.3 Å². The third-order valence-corrected chi connectivity index (χ3v) is 7.54. The number of fused-ring (bicyclic) bond motifs is 1. The number of hydrogen-bond donors (Lipinski definition) is 2. The van der Waals surface area contributed by atoms with Gasteiger partial charge in [0.15, 0.2) is 11.5 Å². The van der Waals surface area contributed by atoms with Crippen LogP contribution in [0, 0.1) is 5.92 Å². The third-order valence-electron chi connectivity index (χ3n) is 6.40. The van der Waals surface area contributed by atoms with Crippen molar-refractivity contribution < 1.29 is 29.0 Å². The fraction of sp³-hybridized carbons (Fsp3) is 0.458. The summed E-state index contributed by atoms with van der Waals surface area (Å²) >= 11 is 1.25. The highest BCUT2D eigenvalue weighted by atomic mass is 32.1. The van der Waals surface area contributed by atoms with Gasteiger partial charge in [0.2, 0.25) is 5.91 Å². The largest absolute Gasteiger partial charge is 0.493 e. The normalized spacial score (nSPS) is 16.1. The summed E-state index contributed by atoms with van der Waals surface area (Å²) in [7, 11) is 3.00. The number of anilines is 1. The summed E-state index contributed by atoms with van der Waals surface area (Å²) in [5.41, 5.74) is 1.25. The van der Waals surface area contributed by atoms with E-state index in [2.05, 4.69) is 5.32 Å². The molecular formula is C24H28N2O6S. The molecule has 2 amide bonds. The molecule has 0 saturated heterocycles. The number of carbonyl (C=O) groups excluding carboxylic acids is 2. The number of carboxylic acid groups (broad SMARTS) is 1. The fourth-order valence-corrected chi connectivity index (χ4v) is 5.95. The molecule has 0 unspecified atom stereocenters. The summed E-state index contributed by atoms with van der Waals surface area (Å²) in [4.78, 5) is 40.5. The SMILES string of the molecule is COc1cccc(C(=O)N2CCc3c(sc(NC(=O)C4CCCCC4)c3C(=O)O)C2)c1OC. The summed E-state index contributed by atoms with van der Waals surface area (Å²) < 4.78 is 10.7. The van der Waals surface area contributed by atoms with Crippen LogP contribution in [-0.4, -0.2) is 48.6 Å². The molecule has 0 spiro atoms. The number of methoxy groups -OCH3 is 2. The highest BCUT2D eigenvalue weighted by molar-refractivity contribution is 7.17. The van der Waals surface area contributed by atoms with Crippen molar-refractivity contribution in [2.75, 3.05) is 26.1 Å². The number of thiophene rings is 1. The molecule has 1 aliphatic carbocycles. The summed E-state index contributed by atoms with van der Waals surface area (Å²) in [5, 5.41) is 13.1. The zero-order valence-electron chi connectivity index (χ0n) is 18.8. The van der Waals surface area contributed by atoms with Gasteiger partial charge in [-0.25, -0.2) is 4.79 Å². The second kappa shape index (κ2) is 9.82. The van der Waals surface area contributed by atoms with E-state index in [-0.39, 0.29) is 29.8 Å². The second-order valence-corrected chi connectivity index (χ2v) is 9.46. The molecule has 0 bridgehead atoms. The number of ether oxygens (including phenoxy) is 2. The predicted octanol–water partition coefficient (Wildman–Crippen LogP) is 4.18. The molecule has 176 valence electrons. The van der Waals surface area contributed by atoms with E-state index in [4.69, 9.17) is 9.47 Å².